The molecule has 1 N–H and O–H groups in total. The number of nitrogens with zero attached hydrogens (tertiary/aromatic N) is 2. The topological polar surface area (TPSA) is 31.9 Å². The van der Waals surface area contributed by atoms with E-state index in [1.54, 1.807) is 12.1 Å². The first kappa shape index (κ1) is 8.04. The second-order valence-corrected chi connectivity index (χ2v) is 3.13. The molecule has 0 unspecified atom stereocenters. The predicted molar refractivity (Wildman–Crippen MR) is 50.4 cm³/mol. The van der Waals surface area contributed by atoms with E-state index in [0.29, 0.717) is 10.9 Å². The summed E-state index contributed by atoms with van der Waals surface area (Å²) >= 11 is 0. The first-order chi connectivity index (χ1) is 6.18. The lowest BCUT2D eigenvalue weighted by atomic mass is 10.2. The van der Waals surface area contributed by atoms with E-state index in [2.05, 4.69) is 10.2 Å². The molecular formula is C9H10FN3. The van der Waals surface area contributed by atoms with Gasteiger partial charge in [0, 0.05) is 19.8 Å². The first-order valence-corrected chi connectivity index (χ1v) is 3.99. The van der Waals surface area contributed by atoms with Crippen molar-refractivity contribution in [3.05, 3.63) is 24.1 Å². The maximum Gasteiger partial charge on any atom is 0.216 e. The van der Waals surface area contributed by atoms with E-state index in [0.717, 1.165) is 5.69 Å². The minimum Gasteiger partial charge on any atom is -0.378 e. The van der Waals surface area contributed by atoms with Crippen LogP contribution in [0, 0.1) is 5.95 Å². The Morgan fingerprint density at radius 3 is 2.85 bits per heavy atom. The number of aromatic amines is 1. The number of rotatable bonds is 1. The highest BCUT2D eigenvalue weighted by atomic mass is 19.1. The highest BCUT2D eigenvalue weighted by molar-refractivity contribution is 5.82. The van der Waals surface area contributed by atoms with Crippen LogP contribution in [0.4, 0.5) is 10.1 Å². The Bertz CT molecular complexity index is 433. The third kappa shape index (κ3) is 1.24. The molecule has 0 radical (unpaired) electrons. The minimum atomic E-state index is -0.376. The van der Waals surface area contributed by atoms with Gasteiger partial charge in [0.05, 0.1) is 10.9 Å². The fourth-order valence-corrected chi connectivity index (χ4v) is 1.25. The lowest BCUT2D eigenvalue weighted by Gasteiger charge is -2.11. The summed E-state index contributed by atoms with van der Waals surface area (Å²) in [5.74, 6) is -0.376. The number of nitrogens with one attached hydrogen (secondary N) is 1. The molecule has 0 bridgehead atoms. The maximum atomic E-state index is 13.1. The summed E-state index contributed by atoms with van der Waals surface area (Å²) in [4.78, 5) is 1.92. The van der Waals surface area contributed by atoms with E-state index in [1.165, 1.54) is 0 Å². The molecule has 0 aliphatic carbocycles. The number of aromatic nitrogens is 2. The van der Waals surface area contributed by atoms with Crippen LogP contribution in [0.15, 0.2) is 18.2 Å². The maximum absolute atomic E-state index is 13.1. The molecule has 0 aliphatic rings. The van der Waals surface area contributed by atoms with Gasteiger partial charge in [0.25, 0.3) is 0 Å². The zero-order valence-electron chi connectivity index (χ0n) is 7.50. The molecule has 2 aromatic rings. The standard InChI is InChI=1S/C9H10FN3/c1-13(2)6-3-4-8-7(5-6)9(10)12-11-8/h3-5H,1-2H3,(H,11,12). The molecule has 1 heterocycles. The van der Waals surface area contributed by atoms with Crippen LogP contribution in [0.2, 0.25) is 0 Å². The van der Waals surface area contributed by atoms with Gasteiger partial charge in [0.2, 0.25) is 5.95 Å². The fourth-order valence-electron chi connectivity index (χ4n) is 1.25. The van der Waals surface area contributed by atoms with E-state index >= 15 is 0 Å². The molecule has 0 saturated carbocycles. The second kappa shape index (κ2) is 2.73. The Kier molecular flexibility index (Phi) is 1.69. The van der Waals surface area contributed by atoms with Crippen LogP contribution in [0.1, 0.15) is 0 Å². The summed E-state index contributed by atoms with van der Waals surface area (Å²) in [7, 11) is 3.83. The fraction of sp³-hybridized carbons (Fsp3) is 0.222. The molecule has 0 saturated heterocycles. The molecule has 68 valence electrons. The highest BCUT2D eigenvalue weighted by Gasteiger charge is 2.05. The summed E-state index contributed by atoms with van der Waals surface area (Å²) in [5, 5.41) is 6.64. The van der Waals surface area contributed by atoms with Crippen molar-refractivity contribution in [2.75, 3.05) is 19.0 Å². The summed E-state index contributed by atoms with van der Waals surface area (Å²) in [6, 6.07) is 5.47. The molecule has 1 aromatic carbocycles. The molecule has 3 nitrogen and oxygen atoms in total. The van der Waals surface area contributed by atoms with E-state index < -0.39 is 0 Å². The van der Waals surface area contributed by atoms with Crippen LogP contribution in [0.5, 0.6) is 0 Å². The van der Waals surface area contributed by atoms with Crippen molar-refractivity contribution in [2.45, 2.75) is 0 Å². The highest BCUT2D eigenvalue weighted by Crippen LogP contribution is 2.20. The zero-order chi connectivity index (χ0) is 9.42. The Balaban J connectivity index is 2.66. The molecule has 0 aliphatic heterocycles. The molecule has 13 heavy (non-hydrogen) atoms. The van der Waals surface area contributed by atoms with Crippen molar-refractivity contribution in [3.8, 4) is 0 Å². The van der Waals surface area contributed by atoms with Crippen LogP contribution in [-0.4, -0.2) is 24.3 Å². The van der Waals surface area contributed by atoms with E-state index in [-0.39, 0.29) is 5.95 Å². The number of hydrogen-bond acceptors (Lipinski definition) is 2. The van der Waals surface area contributed by atoms with E-state index in [4.69, 9.17) is 0 Å². The number of benzene rings is 1. The predicted octanol–water partition coefficient (Wildman–Crippen LogP) is 1.77. The normalized spacial score (nSPS) is 10.7. The summed E-state index contributed by atoms with van der Waals surface area (Å²) < 4.78 is 13.1. The molecule has 4 heteroatoms. The van der Waals surface area contributed by atoms with Gasteiger partial charge in [-0.1, -0.05) is 0 Å². The van der Waals surface area contributed by atoms with Crippen molar-refractivity contribution in [3.63, 3.8) is 0 Å². The Morgan fingerprint density at radius 1 is 1.38 bits per heavy atom. The largest absolute Gasteiger partial charge is 0.378 e. The summed E-state index contributed by atoms with van der Waals surface area (Å²) in [6.45, 7) is 0. The molecule has 0 fully saturated rings. The number of fused-ring (bicyclic) bond motifs is 1. The minimum absolute atomic E-state index is 0.376. The third-order valence-corrected chi connectivity index (χ3v) is 2.01. The lowest BCUT2D eigenvalue weighted by Crippen LogP contribution is -2.07. The average molecular weight is 179 g/mol. The van der Waals surface area contributed by atoms with E-state index in [1.807, 2.05) is 25.1 Å². The SMILES string of the molecule is CN(C)c1ccc2n[nH]c(F)c2c1. The number of halogens is 1. The molecule has 0 atom stereocenters. The molecule has 2 rings (SSSR count). The van der Waals surface area contributed by atoms with Crippen molar-refractivity contribution in [1.29, 1.82) is 0 Å². The van der Waals surface area contributed by atoms with Gasteiger partial charge in [-0.05, 0) is 18.2 Å². The van der Waals surface area contributed by atoms with Crippen LogP contribution in [0.3, 0.4) is 0 Å². The second-order valence-electron chi connectivity index (χ2n) is 3.13. The summed E-state index contributed by atoms with van der Waals surface area (Å²) in [6.07, 6.45) is 0. The van der Waals surface area contributed by atoms with Gasteiger partial charge in [0.15, 0.2) is 0 Å². The van der Waals surface area contributed by atoms with Gasteiger partial charge in [-0.15, -0.1) is 0 Å². The van der Waals surface area contributed by atoms with Gasteiger partial charge >= 0.3 is 0 Å². The van der Waals surface area contributed by atoms with Crippen molar-refractivity contribution in [2.24, 2.45) is 0 Å². The van der Waals surface area contributed by atoms with Crippen molar-refractivity contribution in [1.82, 2.24) is 10.2 Å². The molecular weight excluding hydrogens is 169 g/mol. The van der Waals surface area contributed by atoms with Gasteiger partial charge in [0.1, 0.15) is 0 Å². The van der Waals surface area contributed by atoms with Crippen molar-refractivity contribution < 1.29 is 4.39 Å². The Morgan fingerprint density at radius 2 is 2.15 bits per heavy atom. The van der Waals surface area contributed by atoms with Crippen LogP contribution >= 0.6 is 0 Å². The monoisotopic (exact) mass is 179 g/mol. The summed E-state index contributed by atoms with van der Waals surface area (Å²) in [5.41, 5.74) is 1.62. The zero-order valence-corrected chi connectivity index (χ0v) is 7.50. The number of hydrogen-bond donors (Lipinski definition) is 1. The van der Waals surface area contributed by atoms with Gasteiger partial charge in [-0.2, -0.15) is 9.49 Å². The average Bonchev–Trinajstić information content (AvgIpc) is 2.47. The van der Waals surface area contributed by atoms with E-state index in [9.17, 15) is 4.39 Å². The number of anilines is 1. The smallest absolute Gasteiger partial charge is 0.216 e. The van der Waals surface area contributed by atoms with Gasteiger partial charge in [-0.3, -0.25) is 5.10 Å². The van der Waals surface area contributed by atoms with Gasteiger partial charge < -0.3 is 4.90 Å². The molecule has 0 spiro atoms. The first-order valence-electron chi connectivity index (χ1n) is 3.99. The van der Waals surface area contributed by atoms with Crippen LogP contribution in [0.25, 0.3) is 10.9 Å². The van der Waals surface area contributed by atoms with Gasteiger partial charge in [-0.25, -0.2) is 0 Å². The van der Waals surface area contributed by atoms with Crippen LogP contribution < -0.4 is 4.90 Å². The lowest BCUT2D eigenvalue weighted by molar-refractivity contribution is 0.588. The molecule has 1 aromatic heterocycles. The van der Waals surface area contributed by atoms with Crippen molar-refractivity contribution >= 4 is 16.6 Å². The number of H-pyrrole nitrogens is 1. The Labute approximate surface area is 75.2 Å². The molecule has 0 amide bonds. The van der Waals surface area contributed by atoms with Crippen LogP contribution in [-0.2, 0) is 0 Å². The Hall–Kier alpha value is -1.58. The third-order valence-electron chi connectivity index (χ3n) is 2.01. The quantitative estimate of drug-likeness (QED) is 0.723.